The van der Waals surface area contributed by atoms with Crippen LogP contribution in [0.25, 0.3) is 11.0 Å². The zero-order valence-electron chi connectivity index (χ0n) is 17.5. The van der Waals surface area contributed by atoms with Crippen molar-refractivity contribution in [1.29, 1.82) is 0 Å². The average molecular weight is 399 g/mol. The Kier molecular flexibility index (Phi) is 5.23. The normalized spacial score (nSPS) is 22.9. The summed E-state index contributed by atoms with van der Waals surface area (Å²) in [6, 6.07) is 7.86. The van der Waals surface area contributed by atoms with Crippen molar-refractivity contribution in [2.75, 3.05) is 19.6 Å². The van der Waals surface area contributed by atoms with Gasteiger partial charge < -0.3 is 14.2 Å². The molecule has 2 aliphatic rings. The predicted octanol–water partition coefficient (Wildman–Crippen LogP) is 3.60. The lowest BCUT2D eigenvalue weighted by Gasteiger charge is -2.37. The molecule has 1 aromatic heterocycles. The number of rotatable bonds is 2. The molecule has 0 N–H and O–H groups in total. The molecule has 0 saturated carbocycles. The molecule has 0 spiro atoms. The van der Waals surface area contributed by atoms with Crippen LogP contribution in [0.4, 0.5) is 4.79 Å². The molecule has 2 atom stereocenters. The first-order valence-corrected chi connectivity index (χ1v) is 10.5. The maximum absolute atomic E-state index is 13.3. The van der Waals surface area contributed by atoms with Gasteiger partial charge in [-0.3, -0.25) is 9.69 Å². The van der Waals surface area contributed by atoms with Crippen molar-refractivity contribution in [3.63, 3.8) is 0 Å². The topological polar surface area (TPSA) is 67.7 Å². The zero-order chi connectivity index (χ0) is 20.6. The molecule has 2 amide bonds. The Balaban J connectivity index is 1.46. The number of aromatic nitrogens is 2. The van der Waals surface area contributed by atoms with E-state index in [1.807, 2.05) is 50.2 Å². The van der Waals surface area contributed by atoms with E-state index in [4.69, 9.17) is 4.74 Å². The highest BCUT2D eigenvalue weighted by Gasteiger charge is 2.39. The molecule has 2 fully saturated rings. The van der Waals surface area contributed by atoms with Crippen molar-refractivity contribution in [3.05, 3.63) is 30.6 Å². The first-order chi connectivity index (χ1) is 13.8. The van der Waals surface area contributed by atoms with E-state index in [1.54, 1.807) is 4.90 Å². The molecule has 0 unspecified atom stereocenters. The third-order valence-corrected chi connectivity index (χ3v) is 5.77. The second-order valence-electron chi connectivity index (χ2n) is 9.05. The molecule has 2 aliphatic heterocycles. The van der Waals surface area contributed by atoms with Crippen LogP contribution in [0.5, 0.6) is 0 Å². The van der Waals surface area contributed by atoms with Crippen LogP contribution in [0.15, 0.2) is 30.6 Å². The Morgan fingerprint density at radius 1 is 1.10 bits per heavy atom. The Bertz CT molecular complexity index is 901. The van der Waals surface area contributed by atoms with E-state index in [9.17, 15) is 9.59 Å². The fraction of sp³-hybridized carbons (Fsp3) is 0.591. The number of ether oxygens (including phenoxy) is 1. The number of amides is 2. The van der Waals surface area contributed by atoms with Gasteiger partial charge in [-0.15, -0.1) is 0 Å². The molecule has 2 saturated heterocycles. The minimum atomic E-state index is -0.566. The highest BCUT2D eigenvalue weighted by atomic mass is 16.6. The van der Waals surface area contributed by atoms with Crippen LogP contribution in [0, 0.1) is 0 Å². The summed E-state index contributed by atoms with van der Waals surface area (Å²) in [5.74, 6) is 0.0440. The van der Waals surface area contributed by atoms with Gasteiger partial charge in [0.25, 0.3) is 0 Å². The molecule has 3 heterocycles. The van der Waals surface area contributed by atoms with Crippen LogP contribution < -0.4 is 0 Å². The third kappa shape index (κ3) is 4.09. The number of benzene rings is 1. The van der Waals surface area contributed by atoms with Gasteiger partial charge in [-0.2, -0.15) is 0 Å². The van der Waals surface area contributed by atoms with Gasteiger partial charge in [0.2, 0.25) is 5.91 Å². The molecule has 1 aromatic carbocycles. The van der Waals surface area contributed by atoms with Gasteiger partial charge in [-0.05, 0) is 58.6 Å². The second-order valence-corrected chi connectivity index (χ2v) is 9.05. The van der Waals surface area contributed by atoms with Gasteiger partial charge in [-0.1, -0.05) is 12.1 Å². The van der Waals surface area contributed by atoms with Gasteiger partial charge in [0.15, 0.2) is 0 Å². The maximum atomic E-state index is 13.3. The number of hydrogen-bond acceptors (Lipinski definition) is 4. The number of carbonyl (C=O) groups is 2. The SMILES string of the molecule is CC(C)(C)OC(=O)N1CCCC[C@@H]1C(=O)N1CC[C@@H](n2cnc3ccccc32)C1. The third-order valence-electron chi connectivity index (χ3n) is 5.77. The summed E-state index contributed by atoms with van der Waals surface area (Å²) in [5.41, 5.74) is 1.50. The first-order valence-electron chi connectivity index (χ1n) is 10.5. The van der Waals surface area contributed by atoms with Crippen LogP contribution >= 0.6 is 0 Å². The molecule has 0 bridgehead atoms. The minimum Gasteiger partial charge on any atom is -0.444 e. The number of fused-ring (bicyclic) bond motifs is 1. The van der Waals surface area contributed by atoms with Crippen molar-refractivity contribution < 1.29 is 14.3 Å². The second kappa shape index (κ2) is 7.69. The Hall–Kier alpha value is -2.57. The largest absolute Gasteiger partial charge is 0.444 e. The smallest absolute Gasteiger partial charge is 0.410 e. The molecular weight excluding hydrogens is 368 g/mol. The average Bonchev–Trinajstić information content (AvgIpc) is 3.33. The number of hydrogen-bond donors (Lipinski definition) is 0. The van der Waals surface area contributed by atoms with Gasteiger partial charge in [0, 0.05) is 19.6 Å². The van der Waals surface area contributed by atoms with Crippen molar-refractivity contribution in [3.8, 4) is 0 Å². The van der Waals surface area contributed by atoms with E-state index in [0.717, 1.165) is 30.3 Å². The molecule has 7 heteroatoms. The molecule has 0 aliphatic carbocycles. The predicted molar refractivity (Wildman–Crippen MR) is 111 cm³/mol. The van der Waals surface area contributed by atoms with E-state index in [0.29, 0.717) is 26.1 Å². The summed E-state index contributed by atoms with van der Waals surface area (Å²) < 4.78 is 7.73. The molecule has 7 nitrogen and oxygen atoms in total. The Labute approximate surface area is 171 Å². The monoisotopic (exact) mass is 398 g/mol. The minimum absolute atomic E-state index is 0.0440. The van der Waals surface area contributed by atoms with Gasteiger partial charge in [0.05, 0.1) is 23.4 Å². The van der Waals surface area contributed by atoms with Crippen LogP contribution in [0.1, 0.15) is 52.5 Å². The highest BCUT2D eigenvalue weighted by Crippen LogP contribution is 2.29. The van der Waals surface area contributed by atoms with E-state index < -0.39 is 11.6 Å². The lowest BCUT2D eigenvalue weighted by atomic mass is 10.0. The van der Waals surface area contributed by atoms with Crippen LogP contribution in [0.3, 0.4) is 0 Å². The Morgan fingerprint density at radius 2 is 1.90 bits per heavy atom. The lowest BCUT2D eigenvalue weighted by molar-refractivity contribution is -0.137. The number of carbonyl (C=O) groups excluding carboxylic acids is 2. The summed E-state index contributed by atoms with van der Waals surface area (Å²) >= 11 is 0. The van der Waals surface area contributed by atoms with E-state index >= 15 is 0 Å². The van der Waals surface area contributed by atoms with Crippen LogP contribution in [-0.2, 0) is 9.53 Å². The first kappa shape index (κ1) is 19.7. The van der Waals surface area contributed by atoms with Crippen molar-refractivity contribution in [1.82, 2.24) is 19.4 Å². The van der Waals surface area contributed by atoms with Crippen molar-refractivity contribution in [2.45, 2.75) is 64.1 Å². The molecule has 4 rings (SSSR count). The van der Waals surface area contributed by atoms with Crippen molar-refractivity contribution >= 4 is 23.0 Å². The van der Waals surface area contributed by atoms with Gasteiger partial charge >= 0.3 is 6.09 Å². The van der Waals surface area contributed by atoms with Crippen LogP contribution in [-0.4, -0.2) is 62.6 Å². The van der Waals surface area contributed by atoms with E-state index in [-0.39, 0.29) is 18.0 Å². The van der Waals surface area contributed by atoms with Gasteiger partial charge in [0.1, 0.15) is 11.6 Å². The summed E-state index contributed by atoms with van der Waals surface area (Å²) in [7, 11) is 0. The van der Waals surface area contributed by atoms with Crippen molar-refractivity contribution in [2.24, 2.45) is 0 Å². The zero-order valence-corrected chi connectivity index (χ0v) is 17.5. The summed E-state index contributed by atoms with van der Waals surface area (Å²) in [4.78, 5) is 34.0. The lowest BCUT2D eigenvalue weighted by Crippen LogP contribution is -2.53. The number of para-hydroxylation sites is 2. The fourth-order valence-corrected chi connectivity index (χ4v) is 4.38. The number of likely N-dealkylation sites (tertiary alicyclic amines) is 2. The standard InChI is InChI=1S/C22H30N4O3/c1-22(2,3)29-21(28)25-12-7-6-10-19(25)20(27)24-13-11-16(14-24)26-15-23-17-8-4-5-9-18(17)26/h4-5,8-9,15-16,19H,6-7,10-14H2,1-3H3/t16-,19-/m1/s1. The molecule has 156 valence electrons. The molecule has 29 heavy (non-hydrogen) atoms. The quantitative estimate of drug-likeness (QED) is 0.775. The summed E-state index contributed by atoms with van der Waals surface area (Å²) in [6.45, 7) is 7.49. The number of imidazole rings is 1. The molecular formula is C22H30N4O3. The summed E-state index contributed by atoms with van der Waals surface area (Å²) in [6.07, 6.45) is 4.95. The fourth-order valence-electron chi connectivity index (χ4n) is 4.38. The molecule has 2 aromatic rings. The maximum Gasteiger partial charge on any atom is 0.410 e. The van der Waals surface area contributed by atoms with Crippen LogP contribution in [0.2, 0.25) is 0 Å². The van der Waals surface area contributed by atoms with Gasteiger partial charge in [-0.25, -0.2) is 9.78 Å². The van der Waals surface area contributed by atoms with E-state index in [1.165, 1.54) is 0 Å². The molecule has 0 radical (unpaired) electrons. The number of nitrogens with zero attached hydrogens (tertiary/aromatic N) is 4. The Morgan fingerprint density at radius 3 is 2.69 bits per heavy atom. The highest BCUT2D eigenvalue weighted by molar-refractivity contribution is 5.86. The number of piperidine rings is 1. The summed E-state index contributed by atoms with van der Waals surface area (Å²) in [5, 5.41) is 0. The van der Waals surface area contributed by atoms with E-state index in [2.05, 4.69) is 15.6 Å².